The fraction of sp³-hybridized carbons (Fsp3) is 0.167. The van der Waals surface area contributed by atoms with Gasteiger partial charge in [0.15, 0.2) is 0 Å². The monoisotopic (exact) mass is 291 g/mol. The summed E-state index contributed by atoms with van der Waals surface area (Å²) in [7, 11) is -3.57. The fourth-order valence-corrected chi connectivity index (χ4v) is 3.09. The molecule has 8 heteroatoms. The summed E-state index contributed by atoms with van der Waals surface area (Å²) >= 11 is 0. The minimum absolute atomic E-state index is 0.225. The van der Waals surface area contributed by atoms with Gasteiger partial charge in [0.1, 0.15) is 11.2 Å². The van der Waals surface area contributed by atoms with E-state index in [-0.39, 0.29) is 4.90 Å². The van der Waals surface area contributed by atoms with Gasteiger partial charge in [0.2, 0.25) is 0 Å². The van der Waals surface area contributed by atoms with E-state index in [2.05, 4.69) is 9.50 Å². The molecule has 0 fully saturated rings. The number of benzene rings is 1. The summed E-state index contributed by atoms with van der Waals surface area (Å²) in [4.78, 5) is 2.01. The second-order valence-electron chi connectivity index (χ2n) is 4.39. The number of hydrogen-bond acceptors (Lipinski definition) is 5. The van der Waals surface area contributed by atoms with Gasteiger partial charge in [-0.1, -0.05) is 12.1 Å². The van der Waals surface area contributed by atoms with Crippen molar-refractivity contribution in [2.75, 3.05) is 17.2 Å². The number of sulfonamides is 1. The second-order valence-corrected chi connectivity index (χ2v) is 5.99. The molecule has 1 aromatic heterocycles. The first-order valence-electron chi connectivity index (χ1n) is 6.00. The van der Waals surface area contributed by atoms with Crippen LogP contribution in [0.3, 0.4) is 0 Å². The van der Waals surface area contributed by atoms with E-state index in [9.17, 15) is 8.42 Å². The van der Waals surface area contributed by atoms with Crippen LogP contribution in [0.2, 0.25) is 0 Å². The van der Waals surface area contributed by atoms with Crippen molar-refractivity contribution in [3.05, 3.63) is 36.7 Å². The van der Waals surface area contributed by atoms with Crippen LogP contribution in [0.5, 0.6) is 0 Å². The molecule has 1 aliphatic rings. The van der Waals surface area contributed by atoms with Gasteiger partial charge in [-0.2, -0.15) is 13.5 Å². The third-order valence-electron chi connectivity index (χ3n) is 3.00. The summed E-state index contributed by atoms with van der Waals surface area (Å²) < 4.78 is 29.0. The Morgan fingerprint density at radius 3 is 2.75 bits per heavy atom. The van der Waals surface area contributed by atoms with Gasteiger partial charge < -0.3 is 10.6 Å². The van der Waals surface area contributed by atoms with E-state index in [4.69, 9.17) is 5.73 Å². The number of fused-ring (bicyclic) bond motifs is 1. The molecule has 7 nitrogen and oxygen atoms in total. The average molecular weight is 291 g/mol. The molecule has 0 saturated heterocycles. The topological polar surface area (TPSA) is 93.6 Å². The number of hydrogen-bond donors (Lipinski definition) is 1. The lowest BCUT2D eigenvalue weighted by Crippen LogP contribution is -2.30. The van der Waals surface area contributed by atoms with E-state index in [0.29, 0.717) is 24.5 Å². The Morgan fingerprint density at radius 2 is 2.00 bits per heavy atom. The minimum Gasteiger partial charge on any atom is -0.396 e. The summed E-state index contributed by atoms with van der Waals surface area (Å²) in [6.45, 7) is 1.13. The molecular formula is C12H13N5O2S. The van der Waals surface area contributed by atoms with Crippen LogP contribution in [0.15, 0.2) is 46.0 Å². The number of anilines is 2. The van der Waals surface area contributed by atoms with Gasteiger partial charge in [0.05, 0.1) is 24.1 Å². The molecule has 0 bridgehead atoms. The quantitative estimate of drug-likeness (QED) is 0.898. The Kier molecular flexibility index (Phi) is 2.94. The molecule has 2 aromatic rings. The Hall–Kier alpha value is -2.35. The molecule has 1 aliphatic heterocycles. The molecule has 0 spiro atoms. The Morgan fingerprint density at radius 1 is 1.20 bits per heavy atom. The first kappa shape index (κ1) is 12.7. The van der Waals surface area contributed by atoms with Crippen LogP contribution in [0.4, 0.5) is 11.4 Å². The maximum Gasteiger partial charge on any atom is 0.285 e. The van der Waals surface area contributed by atoms with E-state index < -0.39 is 10.0 Å². The second kappa shape index (κ2) is 4.64. The zero-order valence-electron chi connectivity index (χ0n) is 10.5. The van der Waals surface area contributed by atoms with E-state index >= 15 is 0 Å². The van der Waals surface area contributed by atoms with Crippen LogP contribution in [-0.4, -0.2) is 31.1 Å². The highest BCUT2D eigenvalue weighted by atomic mass is 32.2. The van der Waals surface area contributed by atoms with E-state index in [1.165, 1.54) is 6.34 Å². The smallest absolute Gasteiger partial charge is 0.285 e. The highest BCUT2D eigenvalue weighted by Gasteiger charge is 2.24. The zero-order chi connectivity index (χ0) is 14.2. The van der Waals surface area contributed by atoms with Crippen LogP contribution < -0.4 is 10.6 Å². The SMILES string of the molecule is Nc1cnn(CCN2C=NS(=O)(=O)c3ccccc32)c1. The normalized spacial score (nSPS) is 16.1. The largest absolute Gasteiger partial charge is 0.396 e. The molecule has 1 aromatic carbocycles. The Bertz CT molecular complexity index is 766. The van der Waals surface area contributed by atoms with Gasteiger partial charge in [-0.15, -0.1) is 4.40 Å². The Balaban J connectivity index is 1.85. The predicted octanol–water partition coefficient (Wildman–Crippen LogP) is 0.703. The molecule has 0 amide bonds. The first-order chi connectivity index (χ1) is 9.56. The molecule has 104 valence electrons. The zero-order valence-corrected chi connectivity index (χ0v) is 11.4. The number of aromatic nitrogens is 2. The van der Waals surface area contributed by atoms with Gasteiger partial charge in [0.25, 0.3) is 10.0 Å². The highest BCUT2D eigenvalue weighted by molar-refractivity contribution is 7.90. The van der Waals surface area contributed by atoms with Gasteiger partial charge in [-0.3, -0.25) is 4.68 Å². The number of rotatable bonds is 3. The van der Waals surface area contributed by atoms with Gasteiger partial charge >= 0.3 is 0 Å². The molecule has 0 atom stereocenters. The average Bonchev–Trinajstić information content (AvgIpc) is 2.84. The lowest BCUT2D eigenvalue weighted by atomic mass is 10.3. The molecule has 0 saturated carbocycles. The molecule has 0 unspecified atom stereocenters. The minimum atomic E-state index is -3.57. The van der Waals surface area contributed by atoms with Crippen molar-refractivity contribution in [3.63, 3.8) is 0 Å². The first-order valence-corrected chi connectivity index (χ1v) is 7.44. The van der Waals surface area contributed by atoms with Crippen molar-refractivity contribution in [1.82, 2.24) is 9.78 Å². The van der Waals surface area contributed by atoms with Crippen molar-refractivity contribution in [2.45, 2.75) is 11.4 Å². The van der Waals surface area contributed by atoms with Gasteiger partial charge in [-0.05, 0) is 12.1 Å². The molecule has 0 aliphatic carbocycles. The number of nitrogens with zero attached hydrogens (tertiary/aromatic N) is 4. The summed E-state index contributed by atoms with van der Waals surface area (Å²) in [6, 6.07) is 6.80. The molecular weight excluding hydrogens is 278 g/mol. The summed E-state index contributed by atoms with van der Waals surface area (Å²) in [5.74, 6) is 0. The summed E-state index contributed by atoms with van der Waals surface area (Å²) in [6.07, 6.45) is 4.64. The number of nitrogens with two attached hydrogens (primary N) is 1. The van der Waals surface area contributed by atoms with Gasteiger partial charge in [-0.25, -0.2) is 0 Å². The van der Waals surface area contributed by atoms with E-state index in [1.54, 1.807) is 46.2 Å². The predicted molar refractivity (Wildman–Crippen MR) is 76.1 cm³/mol. The third kappa shape index (κ3) is 2.25. The fourth-order valence-electron chi connectivity index (χ4n) is 2.04. The lowest BCUT2D eigenvalue weighted by molar-refractivity contribution is 0.594. The van der Waals surface area contributed by atoms with Gasteiger partial charge in [0, 0.05) is 12.7 Å². The van der Waals surface area contributed by atoms with Crippen molar-refractivity contribution in [3.8, 4) is 0 Å². The number of nitrogen functional groups attached to an aromatic ring is 1. The Labute approximate surface area is 116 Å². The van der Waals surface area contributed by atoms with Crippen molar-refractivity contribution in [2.24, 2.45) is 4.40 Å². The highest BCUT2D eigenvalue weighted by Crippen LogP contribution is 2.28. The van der Waals surface area contributed by atoms with Crippen LogP contribution in [0.1, 0.15) is 0 Å². The summed E-state index contributed by atoms with van der Waals surface area (Å²) in [5.41, 5.74) is 6.82. The van der Waals surface area contributed by atoms with E-state index in [1.807, 2.05) is 0 Å². The molecule has 3 rings (SSSR count). The van der Waals surface area contributed by atoms with Crippen LogP contribution in [-0.2, 0) is 16.6 Å². The van der Waals surface area contributed by atoms with Crippen LogP contribution >= 0.6 is 0 Å². The maximum atomic E-state index is 11.8. The molecule has 20 heavy (non-hydrogen) atoms. The molecule has 0 radical (unpaired) electrons. The van der Waals surface area contributed by atoms with Crippen molar-refractivity contribution in [1.29, 1.82) is 0 Å². The molecule has 2 heterocycles. The van der Waals surface area contributed by atoms with Crippen LogP contribution in [0, 0.1) is 0 Å². The molecule has 2 N–H and O–H groups in total. The van der Waals surface area contributed by atoms with Crippen molar-refractivity contribution < 1.29 is 8.42 Å². The van der Waals surface area contributed by atoms with Crippen molar-refractivity contribution >= 4 is 27.7 Å². The third-order valence-corrected chi connectivity index (χ3v) is 4.27. The number of para-hydroxylation sites is 1. The summed E-state index contributed by atoms with van der Waals surface area (Å²) in [5, 5.41) is 4.09. The van der Waals surface area contributed by atoms with Crippen LogP contribution in [0.25, 0.3) is 0 Å². The van der Waals surface area contributed by atoms with E-state index in [0.717, 1.165) is 0 Å². The lowest BCUT2D eigenvalue weighted by Gasteiger charge is -2.24. The standard InChI is InChI=1S/C12H13N5O2S/c13-10-7-14-17(8-10)6-5-16-9-15-20(18,19)12-4-2-1-3-11(12)16/h1-4,7-9H,5-6,13H2. The maximum absolute atomic E-state index is 11.8.